The molecule has 2 aromatic carbocycles. The van der Waals surface area contributed by atoms with Crippen LogP contribution >= 0.6 is 15.9 Å². The van der Waals surface area contributed by atoms with Crippen LogP contribution in [0.15, 0.2) is 34.8 Å². The summed E-state index contributed by atoms with van der Waals surface area (Å²) in [6.45, 7) is 1.93. The molecule has 114 valence electrons. The van der Waals surface area contributed by atoms with Crippen LogP contribution < -0.4 is 4.90 Å². The summed E-state index contributed by atoms with van der Waals surface area (Å²) in [5.41, 5.74) is 1.88. The van der Waals surface area contributed by atoms with Gasteiger partial charge < -0.3 is 10.0 Å². The first-order chi connectivity index (χ1) is 10.6. The van der Waals surface area contributed by atoms with E-state index in [1.165, 1.54) is 25.7 Å². The number of halogens is 1. The third kappa shape index (κ3) is 2.21. The highest BCUT2D eigenvalue weighted by atomic mass is 79.9. The Morgan fingerprint density at radius 1 is 1.09 bits per heavy atom. The number of nitrogens with zero attached hydrogens (tertiary/aromatic N) is 1. The van der Waals surface area contributed by atoms with Crippen LogP contribution in [0.3, 0.4) is 0 Å². The van der Waals surface area contributed by atoms with Crippen LogP contribution in [0.25, 0.3) is 10.8 Å². The number of carbonyl (C=O) groups is 1. The number of piperidine rings is 1. The molecule has 3 nitrogen and oxygen atoms in total. The van der Waals surface area contributed by atoms with E-state index in [1.807, 2.05) is 30.3 Å². The number of anilines is 1. The van der Waals surface area contributed by atoms with Crippen LogP contribution in [-0.4, -0.2) is 24.2 Å². The molecule has 4 rings (SSSR count). The van der Waals surface area contributed by atoms with Crippen molar-refractivity contribution >= 4 is 38.4 Å². The molecule has 1 saturated carbocycles. The molecule has 2 aliphatic rings. The van der Waals surface area contributed by atoms with Crippen LogP contribution in [0.1, 0.15) is 36.0 Å². The SMILES string of the molecule is O=C(O)c1c(N2CCC3(CC2)CC3)cc(Br)c2ccccc12. The Balaban J connectivity index is 1.82. The molecule has 2 aromatic rings. The summed E-state index contributed by atoms with van der Waals surface area (Å²) in [6, 6.07) is 9.69. The molecule has 1 N–H and O–H groups in total. The van der Waals surface area contributed by atoms with E-state index in [-0.39, 0.29) is 0 Å². The monoisotopic (exact) mass is 359 g/mol. The van der Waals surface area contributed by atoms with Crippen molar-refractivity contribution in [3.05, 3.63) is 40.4 Å². The lowest BCUT2D eigenvalue weighted by molar-refractivity contribution is 0.0699. The molecule has 1 aliphatic carbocycles. The van der Waals surface area contributed by atoms with Crippen molar-refractivity contribution < 1.29 is 9.90 Å². The molecule has 0 radical (unpaired) electrons. The smallest absolute Gasteiger partial charge is 0.338 e. The number of hydrogen-bond acceptors (Lipinski definition) is 2. The van der Waals surface area contributed by atoms with Crippen LogP contribution in [0.4, 0.5) is 5.69 Å². The molecule has 2 fully saturated rings. The van der Waals surface area contributed by atoms with Crippen molar-refractivity contribution in [1.82, 2.24) is 0 Å². The zero-order valence-electron chi connectivity index (χ0n) is 12.3. The van der Waals surface area contributed by atoms with Gasteiger partial charge in [-0.2, -0.15) is 0 Å². The van der Waals surface area contributed by atoms with Crippen LogP contribution in [-0.2, 0) is 0 Å². The van der Waals surface area contributed by atoms with Crippen LogP contribution in [0.5, 0.6) is 0 Å². The van der Waals surface area contributed by atoms with E-state index in [2.05, 4.69) is 20.8 Å². The fourth-order valence-electron chi connectivity index (χ4n) is 3.69. The quantitative estimate of drug-likeness (QED) is 0.845. The molecule has 1 saturated heterocycles. The van der Waals surface area contributed by atoms with Gasteiger partial charge in [0.1, 0.15) is 0 Å². The Bertz CT molecular complexity index is 757. The molecule has 1 aliphatic heterocycles. The topological polar surface area (TPSA) is 40.5 Å². The predicted molar refractivity (Wildman–Crippen MR) is 91.7 cm³/mol. The maximum absolute atomic E-state index is 11.9. The van der Waals surface area contributed by atoms with Gasteiger partial charge >= 0.3 is 5.97 Å². The highest BCUT2D eigenvalue weighted by Crippen LogP contribution is 2.54. The molecule has 1 spiro atoms. The summed E-state index contributed by atoms with van der Waals surface area (Å²) in [6.07, 6.45) is 5.09. The Hall–Kier alpha value is -1.55. The zero-order valence-corrected chi connectivity index (χ0v) is 13.9. The fraction of sp³-hybridized carbons (Fsp3) is 0.389. The first-order valence-electron chi connectivity index (χ1n) is 7.79. The molecular formula is C18H18BrNO2. The largest absolute Gasteiger partial charge is 0.478 e. The molecule has 0 bridgehead atoms. The van der Waals surface area contributed by atoms with Gasteiger partial charge in [-0.05, 0) is 47.9 Å². The van der Waals surface area contributed by atoms with E-state index in [0.29, 0.717) is 11.0 Å². The second-order valence-corrected chi connectivity index (χ2v) is 7.44. The van der Waals surface area contributed by atoms with Gasteiger partial charge in [-0.15, -0.1) is 0 Å². The van der Waals surface area contributed by atoms with E-state index in [4.69, 9.17) is 0 Å². The van der Waals surface area contributed by atoms with Crippen molar-refractivity contribution in [3.8, 4) is 0 Å². The van der Waals surface area contributed by atoms with E-state index >= 15 is 0 Å². The maximum Gasteiger partial charge on any atom is 0.338 e. The van der Waals surface area contributed by atoms with Gasteiger partial charge in [-0.3, -0.25) is 0 Å². The van der Waals surface area contributed by atoms with Crippen molar-refractivity contribution in [2.24, 2.45) is 5.41 Å². The summed E-state index contributed by atoms with van der Waals surface area (Å²) in [4.78, 5) is 14.1. The minimum atomic E-state index is -0.842. The van der Waals surface area contributed by atoms with Crippen LogP contribution in [0.2, 0.25) is 0 Å². The Morgan fingerprint density at radius 2 is 1.73 bits per heavy atom. The number of aromatic carboxylic acids is 1. The van der Waals surface area contributed by atoms with E-state index in [1.54, 1.807) is 0 Å². The lowest BCUT2D eigenvalue weighted by atomic mass is 9.92. The Kier molecular flexibility index (Phi) is 3.19. The summed E-state index contributed by atoms with van der Waals surface area (Å²) in [7, 11) is 0. The second-order valence-electron chi connectivity index (χ2n) is 6.59. The standard InChI is InChI=1S/C18H18BrNO2/c19-14-11-15(20-9-7-18(5-6-18)8-10-20)16(17(21)22)13-4-2-1-3-12(13)14/h1-4,11H,5-10H2,(H,21,22). The number of hydrogen-bond donors (Lipinski definition) is 1. The average molecular weight is 360 g/mol. The third-order valence-electron chi connectivity index (χ3n) is 5.31. The highest BCUT2D eigenvalue weighted by Gasteiger charge is 2.44. The van der Waals surface area contributed by atoms with Crippen molar-refractivity contribution in [2.75, 3.05) is 18.0 Å². The van der Waals surface area contributed by atoms with E-state index < -0.39 is 5.97 Å². The lowest BCUT2D eigenvalue weighted by Crippen LogP contribution is -2.35. The van der Waals surface area contributed by atoms with Gasteiger partial charge in [0.15, 0.2) is 0 Å². The number of benzene rings is 2. The molecule has 0 atom stereocenters. The molecule has 1 heterocycles. The first kappa shape index (κ1) is 14.1. The normalized spacial score (nSPS) is 19.6. The lowest BCUT2D eigenvalue weighted by Gasteiger charge is -2.35. The van der Waals surface area contributed by atoms with E-state index in [9.17, 15) is 9.90 Å². The first-order valence-corrected chi connectivity index (χ1v) is 8.58. The number of carboxylic acid groups (broad SMARTS) is 1. The third-order valence-corrected chi connectivity index (χ3v) is 5.97. The van der Waals surface area contributed by atoms with Crippen LogP contribution in [0, 0.1) is 5.41 Å². The zero-order chi connectivity index (χ0) is 15.3. The second kappa shape index (κ2) is 4.98. The van der Waals surface area contributed by atoms with Gasteiger partial charge in [-0.1, -0.05) is 40.2 Å². The van der Waals surface area contributed by atoms with Gasteiger partial charge in [0.25, 0.3) is 0 Å². The average Bonchev–Trinajstić information content (AvgIpc) is 3.27. The molecule has 0 unspecified atom stereocenters. The summed E-state index contributed by atoms with van der Waals surface area (Å²) in [5, 5.41) is 11.5. The molecular weight excluding hydrogens is 342 g/mol. The van der Waals surface area contributed by atoms with Crippen molar-refractivity contribution in [2.45, 2.75) is 25.7 Å². The van der Waals surface area contributed by atoms with Crippen molar-refractivity contribution in [1.29, 1.82) is 0 Å². The van der Waals surface area contributed by atoms with Gasteiger partial charge in [-0.25, -0.2) is 4.79 Å². The van der Waals surface area contributed by atoms with Gasteiger partial charge in [0, 0.05) is 17.6 Å². The Morgan fingerprint density at radius 3 is 2.32 bits per heavy atom. The minimum Gasteiger partial charge on any atom is -0.478 e. The molecule has 22 heavy (non-hydrogen) atoms. The number of carboxylic acids is 1. The molecule has 0 aromatic heterocycles. The summed E-state index contributed by atoms with van der Waals surface area (Å²) < 4.78 is 0.967. The molecule has 4 heteroatoms. The Labute approximate surface area is 138 Å². The van der Waals surface area contributed by atoms with E-state index in [0.717, 1.165) is 34.0 Å². The number of rotatable bonds is 2. The van der Waals surface area contributed by atoms with Crippen molar-refractivity contribution in [3.63, 3.8) is 0 Å². The fourth-order valence-corrected chi connectivity index (χ4v) is 4.25. The minimum absolute atomic E-state index is 0.436. The number of fused-ring (bicyclic) bond motifs is 1. The molecule has 0 amide bonds. The van der Waals surface area contributed by atoms with Gasteiger partial charge in [0.05, 0.1) is 11.3 Å². The van der Waals surface area contributed by atoms with Gasteiger partial charge in [0.2, 0.25) is 0 Å². The predicted octanol–water partition coefficient (Wildman–Crippen LogP) is 4.68. The summed E-state index contributed by atoms with van der Waals surface area (Å²) >= 11 is 3.61. The highest BCUT2D eigenvalue weighted by molar-refractivity contribution is 9.10. The maximum atomic E-state index is 11.9. The summed E-state index contributed by atoms with van der Waals surface area (Å²) in [5.74, 6) is -0.842.